The van der Waals surface area contributed by atoms with Gasteiger partial charge in [0, 0.05) is 43.4 Å². The zero-order valence-electron chi connectivity index (χ0n) is 18.7. The summed E-state index contributed by atoms with van der Waals surface area (Å²) in [5, 5.41) is 12.7. The smallest absolute Gasteiger partial charge is 0.337 e. The quantitative estimate of drug-likeness (QED) is 0.591. The van der Waals surface area contributed by atoms with Crippen molar-refractivity contribution in [3.8, 4) is 0 Å². The van der Waals surface area contributed by atoms with Gasteiger partial charge in [-0.2, -0.15) is 0 Å². The monoisotopic (exact) mass is 456 g/mol. The van der Waals surface area contributed by atoms with Gasteiger partial charge < -0.3 is 15.3 Å². The summed E-state index contributed by atoms with van der Waals surface area (Å²) in [6.07, 6.45) is 1.14. The Morgan fingerprint density at radius 2 is 1.88 bits per heavy atom. The van der Waals surface area contributed by atoms with E-state index in [0.29, 0.717) is 28.3 Å². The number of rotatable bonds is 5. The number of piperidine rings is 1. The van der Waals surface area contributed by atoms with Gasteiger partial charge in [-0.1, -0.05) is 12.1 Å². The number of hydrogen-bond acceptors (Lipinski definition) is 5. The first kappa shape index (κ1) is 22.7. The molecule has 0 saturated carbocycles. The molecule has 0 aliphatic carbocycles. The van der Waals surface area contributed by atoms with Crippen LogP contribution in [0.3, 0.4) is 0 Å². The Hall–Kier alpha value is -3.49. The van der Waals surface area contributed by atoms with E-state index in [1.807, 2.05) is 19.9 Å². The number of fused-ring (bicyclic) bond motifs is 1. The predicted molar refractivity (Wildman–Crippen MR) is 123 cm³/mol. The number of pyridine rings is 1. The Kier molecular flexibility index (Phi) is 5.82. The second kappa shape index (κ2) is 8.46. The van der Waals surface area contributed by atoms with E-state index >= 15 is 0 Å². The molecule has 0 bridgehead atoms. The largest absolute Gasteiger partial charge is 0.478 e. The Bertz CT molecular complexity index is 1280. The van der Waals surface area contributed by atoms with E-state index in [-0.39, 0.29) is 43.1 Å². The SMILES string of the molecule is Cc1cc([C@@H](C)Nc2ccccc2C(=O)O)c2nc(N3CCC(F)(F)CC3)c(C)c(=O)n2c1. The number of halogens is 2. The van der Waals surface area contributed by atoms with Crippen LogP contribution in [0.2, 0.25) is 0 Å². The van der Waals surface area contributed by atoms with E-state index < -0.39 is 11.9 Å². The van der Waals surface area contributed by atoms with Crippen LogP contribution < -0.4 is 15.8 Å². The predicted octanol–water partition coefficient (Wildman–Crippen LogP) is 4.42. The van der Waals surface area contributed by atoms with Crippen molar-refractivity contribution in [3.05, 3.63) is 69.1 Å². The molecule has 1 aliphatic rings. The normalized spacial score (nSPS) is 16.6. The van der Waals surface area contributed by atoms with Gasteiger partial charge in [0.15, 0.2) is 0 Å². The third-order valence-electron chi connectivity index (χ3n) is 6.08. The number of nitrogens with zero attached hydrogens (tertiary/aromatic N) is 3. The molecule has 174 valence electrons. The number of aromatic carboxylic acids is 1. The van der Waals surface area contributed by atoms with Crippen LogP contribution >= 0.6 is 0 Å². The minimum Gasteiger partial charge on any atom is -0.478 e. The topological polar surface area (TPSA) is 86.9 Å². The summed E-state index contributed by atoms with van der Waals surface area (Å²) in [5.74, 6) is -3.33. The third kappa shape index (κ3) is 4.40. The van der Waals surface area contributed by atoms with E-state index in [1.165, 1.54) is 10.5 Å². The fourth-order valence-corrected chi connectivity index (χ4v) is 4.26. The van der Waals surface area contributed by atoms with Gasteiger partial charge >= 0.3 is 5.97 Å². The fraction of sp³-hybridized carbons (Fsp3) is 0.375. The van der Waals surface area contributed by atoms with Crippen molar-refractivity contribution >= 4 is 23.1 Å². The number of alkyl halides is 2. The van der Waals surface area contributed by atoms with Crippen molar-refractivity contribution in [2.45, 2.75) is 45.6 Å². The summed E-state index contributed by atoms with van der Waals surface area (Å²) in [7, 11) is 0. The number of carboxylic acids is 1. The molecule has 3 aromatic rings. The van der Waals surface area contributed by atoms with Crippen LogP contribution in [-0.2, 0) is 0 Å². The maximum absolute atomic E-state index is 13.7. The highest BCUT2D eigenvalue weighted by atomic mass is 19.3. The lowest BCUT2D eigenvalue weighted by atomic mass is 10.0. The molecule has 1 aliphatic heterocycles. The third-order valence-corrected chi connectivity index (χ3v) is 6.08. The van der Waals surface area contributed by atoms with Crippen LogP contribution in [0.25, 0.3) is 5.65 Å². The van der Waals surface area contributed by atoms with Gasteiger partial charge in [-0.05, 0) is 44.5 Å². The lowest BCUT2D eigenvalue weighted by Crippen LogP contribution is -2.41. The van der Waals surface area contributed by atoms with Gasteiger partial charge in [0.25, 0.3) is 11.5 Å². The van der Waals surface area contributed by atoms with Crippen molar-refractivity contribution in [1.29, 1.82) is 0 Å². The minimum atomic E-state index is -2.70. The summed E-state index contributed by atoms with van der Waals surface area (Å²) in [4.78, 5) is 31.3. The number of carboxylic acid groups (broad SMARTS) is 1. The summed E-state index contributed by atoms with van der Waals surface area (Å²) in [6, 6.07) is 8.11. The second-order valence-electron chi connectivity index (χ2n) is 8.59. The first-order chi connectivity index (χ1) is 15.6. The van der Waals surface area contributed by atoms with Gasteiger partial charge in [0.05, 0.1) is 17.2 Å². The molecule has 2 N–H and O–H groups in total. The van der Waals surface area contributed by atoms with Crippen molar-refractivity contribution in [2.75, 3.05) is 23.3 Å². The zero-order chi connectivity index (χ0) is 23.9. The number of nitrogens with one attached hydrogen (secondary N) is 1. The second-order valence-corrected chi connectivity index (χ2v) is 8.59. The first-order valence-electron chi connectivity index (χ1n) is 10.8. The molecule has 4 rings (SSSR count). The van der Waals surface area contributed by atoms with E-state index in [1.54, 1.807) is 36.2 Å². The van der Waals surface area contributed by atoms with E-state index in [9.17, 15) is 23.5 Å². The van der Waals surface area contributed by atoms with Crippen molar-refractivity contribution in [2.24, 2.45) is 0 Å². The molecule has 7 nitrogen and oxygen atoms in total. The minimum absolute atomic E-state index is 0.122. The summed E-state index contributed by atoms with van der Waals surface area (Å²) >= 11 is 0. The molecule has 1 fully saturated rings. The highest BCUT2D eigenvalue weighted by Crippen LogP contribution is 2.32. The van der Waals surface area contributed by atoms with E-state index in [0.717, 1.165) is 5.56 Å². The van der Waals surface area contributed by atoms with Gasteiger partial charge in [-0.15, -0.1) is 0 Å². The average molecular weight is 456 g/mol. The molecule has 1 atom stereocenters. The lowest BCUT2D eigenvalue weighted by Gasteiger charge is -2.33. The fourth-order valence-electron chi connectivity index (χ4n) is 4.26. The number of benzene rings is 1. The maximum atomic E-state index is 13.7. The standard InChI is InChI=1S/C24H26F2N4O3/c1-14-12-18(16(3)27-19-7-5-4-6-17(19)23(32)33)21-28-20(15(2)22(31)30(21)13-14)29-10-8-24(25,26)9-11-29/h4-7,12-13,16,27H,8-11H2,1-3H3,(H,32,33)/t16-/m1/s1. The lowest BCUT2D eigenvalue weighted by molar-refractivity contribution is -0.0221. The van der Waals surface area contributed by atoms with Crippen LogP contribution in [0.15, 0.2) is 41.3 Å². The number of carbonyl (C=O) groups is 1. The Morgan fingerprint density at radius 1 is 1.21 bits per heavy atom. The molecule has 3 heterocycles. The van der Waals surface area contributed by atoms with E-state index in [2.05, 4.69) is 5.32 Å². The summed E-state index contributed by atoms with van der Waals surface area (Å²) in [6.45, 7) is 5.63. The Balaban J connectivity index is 1.80. The molecule has 1 aromatic carbocycles. The molecule has 0 amide bonds. The molecule has 2 aromatic heterocycles. The first-order valence-corrected chi connectivity index (χ1v) is 10.8. The highest BCUT2D eigenvalue weighted by Gasteiger charge is 2.35. The zero-order valence-corrected chi connectivity index (χ0v) is 18.7. The molecule has 0 unspecified atom stereocenters. The van der Waals surface area contributed by atoms with Crippen molar-refractivity contribution < 1.29 is 18.7 Å². The molecular weight excluding hydrogens is 430 g/mol. The highest BCUT2D eigenvalue weighted by molar-refractivity contribution is 5.94. The van der Waals surface area contributed by atoms with Crippen LogP contribution in [-0.4, -0.2) is 39.5 Å². The average Bonchev–Trinajstić information content (AvgIpc) is 2.76. The molecular formula is C24H26F2N4O3. The van der Waals surface area contributed by atoms with Crippen LogP contribution in [0.4, 0.5) is 20.3 Å². The molecule has 0 spiro atoms. The van der Waals surface area contributed by atoms with Gasteiger partial charge in [-0.3, -0.25) is 9.20 Å². The number of para-hydroxylation sites is 1. The van der Waals surface area contributed by atoms with Crippen LogP contribution in [0.5, 0.6) is 0 Å². The van der Waals surface area contributed by atoms with Crippen molar-refractivity contribution in [3.63, 3.8) is 0 Å². The van der Waals surface area contributed by atoms with Gasteiger partial charge in [0.1, 0.15) is 11.5 Å². The van der Waals surface area contributed by atoms with Crippen LogP contribution in [0, 0.1) is 13.8 Å². The summed E-state index contributed by atoms with van der Waals surface area (Å²) < 4.78 is 28.8. The van der Waals surface area contributed by atoms with Crippen molar-refractivity contribution in [1.82, 2.24) is 9.38 Å². The molecule has 1 saturated heterocycles. The molecule has 0 radical (unpaired) electrons. The summed E-state index contributed by atoms with van der Waals surface area (Å²) in [5.41, 5.74) is 2.70. The maximum Gasteiger partial charge on any atom is 0.337 e. The number of hydrogen-bond donors (Lipinski definition) is 2. The Labute approximate surface area is 189 Å². The number of aromatic nitrogens is 2. The Morgan fingerprint density at radius 3 is 2.55 bits per heavy atom. The van der Waals surface area contributed by atoms with Gasteiger partial charge in [-0.25, -0.2) is 18.6 Å². The number of anilines is 2. The van der Waals surface area contributed by atoms with Crippen LogP contribution in [0.1, 0.15) is 52.9 Å². The van der Waals surface area contributed by atoms with E-state index in [4.69, 9.17) is 4.98 Å². The van der Waals surface area contributed by atoms with Gasteiger partial charge in [0.2, 0.25) is 0 Å². The number of aryl methyl sites for hydroxylation is 1. The molecule has 9 heteroatoms. The molecule has 33 heavy (non-hydrogen) atoms.